The molecule has 1 N–H and O–H groups in total. The van der Waals surface area contributed by atoms with E-state index in [4.69, 9.17) is 4.74 Å². The van der Waals surface area contributed by atoms with Crippen molar-refractivity contribution in [3.63, 3.8) is 0 Å². The molecule has 0 aliphatic rings. The van der Waals surface area contributed by atoms with Crippen molar-refractivity contribution in [1.29, 1.82) is 0 Å². The summed E-state index contributed by atoms with van der Waals surface area (Å²) in [5.41, 5.74) is 0.529. The number of hydrogen-bond donors (Lipinski definition) is 1. The molecule has 0 radical (unpaired) electrons. The van der Waals surface area contributed by atoms with E-state index in [1.54, 1.807) is 0 Å². The molecule has 0 saturated heterocycles. The molecule has 1 atom stereocenters. The second kappa shape index (κ2) is 9.75. The van der Waals surface area contributed by atoms with Crippen molar-refractivity contribution >= 4 is 0 Å². The summed E-state index contributed by atoms with van der Waals surface area (Å²) >= 11 is 0. The molecular weight excluding hydrogens is 248 g/mol. The molecule has 0 rings (SSSR count). The average Bonchev–Trinajstić information content (AvgIpc) is 2.35. The van der Waals surface area contributed by atoms with Crippen LogP contribution in [0.5, 0.6) is 0 Å². The number of nitrogens with one attached hydrogen (secondary N) is 1. The van der Waals surface area contributed by atoms with Gasteiger partial charge in [0.15, 0.2) is 0 Å². The van der Waals surface area contributed by atoms with Crippen molar-refractivity contribution in [2.75, 3.05) is 39.4 Å². The topological polar surface area (TPSA) is 24.5 Å². The molecule has 0 amide bonds. The van der Waals surface area contributed by atoms with Gasteiger partial charge in [-0.3, -0.25) is 0 Å². The number of hydrogen-bond acceptors (Lipinski definition) is 3. The maximum atomic E-state index is 5.50. The molecule has 3 heteroatoms. The molecule has 0 heterocycles. The van der Waals surface area contributed by atoms with Crippen LogP contribution in [0.1, 0.15) is 61.3 Å². The van der Waals surface area contributed by atoms with Gasteiger partial charge in [-0.25, -0.2) is 0 Å². The first kappa shape index (κ1) is 19.9. The fourth-order valence-corrected chi connectivity index (χ4v) is 2.53. The molecule has 0 spiro atoms. The lowest BCUT2D eigenvalue weighted by Gasteiger charge is -2.37. The Hall–Kier alpha value is -0.120. The Kier molecular flexibility index (Phi) is 9.69. The van der Waals surface area contributed by atoms with Crippen LogP contribution < -0.4 is 5.32 Å². The van der Waals surface area contributed by atoms with Gasteiger partial charge in [-0.2, -0.15) is 0 Å². The minimum atomic E-state index is 0.192. The molecule has 0 aliphatic heterocycles. The van der Waals surface area contributed by atoms with E-state index >= 15 is 0 Å². The monoisotopic (exact) mass is 286 g/mol. The summed E-state index contributed by atoms with van der Waals surface area (Å²) in [6.07, 6.45) is 2.51. The maximum Gasteiger partial charge on any atom is 0.0593 e. The van der Waals surface area contributed by atoms with Gasteiger partial charge in [0, 0.05) is 31.8 Å². The summed E-state index contributed by atoms with van der Waals surface area (Å²) in [4.78, 5) is 2.52. The zero-order chi connectivity index (χ0) is 15.6. The molecule has 0 fully saturated rings. The van der Waals surface area contributed by atoms with E-state index < -0.39 is 0 Å². The number of ether oxygens (including phenoxy) is 1. The highest BCUT2D eigenvalue weighted by molar-refractivity contribution is 4.84. The third-order valence-corrected chi connectivity index (χ3v) is 3.71. The Labute approximate surface area is 127 Å². The van der Waals surface area contributed by atoms with E-state index in [0.29, 0.717) is 5.41 Å². The highest BCUT2D eigenvalue weighted by Gasteiger charge is 2.27. The highest BCUT2D eigenvalue weighted by Crippen LogP contribution is 2.24. The Bertz CT molecular complexity index is 238. The molecule has 3 nitrogen and oxygen atoms in total. The second-order valence-corrected chi connectivity index (χ2v) is 7.23. The normalized spacial score (nSPS) is 15.6. The summed E-state index contributed by atoms with van der Waals surface area (Å²) in [6.45, 7) is 21.8. The Morgan fingerprint density at radius 1 is 1.05 bits per heavy atom. The lowest BCUT2D eigenvalue weighted by molar-refractivity contribution is 0.0876. The molecular formula is C17H38N2O. The minimum absolute atomic E-state index is 0.192. The van der Waals surface area contributed by atoms with Gasteiger partial charge in [-0.15, -0.1) is 0 Å². The van der Waals surface area contributed by atoms with Gasteiger partial charge in [0.25, 0.3) is 0 Å². The van der Waals surface area contributed by atoms with Crippen LogP contribution in [0.3, 0.4) is 0 Å². The van der Waals surface area contributed by atoms with E-state index in [2.05, 4.69) is 58.7 Å². The molecule has 0 aliphatic carbocycles. The lowest BCUT2D eigenvalue weighted by atomic mass is 9.84. The number of nitrogens with zero attached hydrogens (tertiary/aromatic N) is 1. The largest absolute Gasteiger partial charge is 0.380 e. The summed E-state index contributed by atoms with van der Waals surface area (Å²) in [7, 11) is 0. The number of rotatable bonds is 11. The fraction of sp³-hybridized carbons (Fsp3) is 1.00. The lowest BCUT2D eigenvalue weighted by Crippen LogP contribution is -2.48. The van der Waals surface area contributed by atoms with Gasteiger partial charge in [0.2, 0.25) is 0 Å². The summed E-state index contributed by atoms with van der Waals surface area (Å²) < 4.78 is 5.50. The smallest absolute Gasteiger partial charge is 0.0593 e. The average molecular weight is 287 g/mol. The minimum Gasteiger partial charge on any atom is -0.380 e. The van der Waals surface area contributed by atoms with Gasteiger partial charge in [0.1, 0.15) is 0 Å². The molecule has 20 heavy (non-hydrogen) atoms. The van der Waals surface area contributed by atoms with Crippen LogP contribution in [0.15, 0.2) is 0 Å². The van der Waals surface area contributed by atoms with E-state index in [-0.39, 0.29) is 5.54 Å². The summed E-state index contributed by atoms with van der Waals surface area (Å²) in [6, 6.07) is 0. The highest BCUT2D eigenvalue weighted by atomic mass is 16.5. The molecule has 122 valence electrons. The van der Waals surface area contributed by atoms with Gasteiger partial charge < -0.3 is 15.0 Å². The predicted octanol–water partition coefficient (Wildman–Crippen LogP) is 3.54. The first-order chi connectivity index (χ1) is 9.26. The summed E-state index contributed by atoms with van der Waals surface area (Å²) in [5, 5.41) is 3.69. The van der Waals surface area contributed by atoms with E-state index in [0.717, 1.165) is 39.4 Å². The van der Waals surface area contributed by atoms with E-state index in [9.17, 15) is 0 Å². The van der Waals surface area contributed by atoms with Gasteiger partial charge >= 0.3 is 0 Å². The molecule has 0 bridgehead atoms. The van der Waals surface area contributed by atoms with Crippen LogP contribution in [-0.4, -0.2) is 49.8 Å². The quantitative estimate of drug-likeness (QED) is 0.588. The zero-order valence-electron chi connectivity index (χ0n) is 15.0. The molecule has 1 unspecified atom stereocenters. The number of likely N-dealkylation sites (N-methyl/N-ethyl adjacent to an activating group) is 1. The molecule has 0 aromatic carbocycles. The van der Waals surface area contributed by atoms with Crippen LogP contribution in [0.2, 0.25) is 0 Å². The Balaban J connectivity index is 4.45. The molecule has 0 aromatic rings. The Morgan fingerprint density at radius 3 is 2.15 bits per heavy atom. The van der Waals surface area contributed by atoms with Crippen molar-refractivity contribution in [3.05, 3.63) is 0 Å². The first-order valence-electron chi connectivity index (χ1n) is 8.31. The van der Waals surface area contributed by atoms with Gasteiger partial charge in [-0.05, 0) is 46.1 Å². The van der Waals surface area contributed by atoms with Crippen molar-refractivity contribution in [2.24, 2.45) is 5.41 Å². The Morgan fingerprint density at radius 2 is 1.70 bits per heavy atom. The first-order valence-corrected chi connectivity index (χ1v) is 8.31. The summed E-state index contributed by atoms with van der Waals surface area (Å²) in [5.74, 6) is 0. The molecule has 0 aromatic heterocycles. The SMILES string of the molecule is CCCC(C)(CNC(C)(C)C)CN(CC)CCOCC. The van der Waals surface area contributed by atoms with Crippen LogP contribution in [0, 0.1) is 5.41 Å². The van der Waals surface area contributed by atoms with Gasteiger partial charge in [-0.1, -0.05) is 27.2 Å². The predicted molar refractivity (Wildman–Crippen MR) is 89.4 cm³/mol. The standard InChI is InChI=1S/C17H38N2O/c1-8-11-17(7,14-18-16(4,5)6)15-19(9-2)12-13-20-10-3/h18H,8-15H2,1-7H3. The third kappa shape index (κ3) is 9.73. The van der Waals surface area contributed by atoms with Crippen LogP contribution in [-0.2, 0) is 4.74 Å². The fourth-order valence-electron chi connectivity index (χ4n) is 2.53. The van der Waals surface area contributed by atoms with Crippen molar-refractivity contribution < 1.29 is 4.74 Å². The van der Waals surface area contributed by atoms with E-state index in [1.807, 2.05) is 0 Å². The van der Waals surface area contributed by atoms with Crippen LogP contribution >= 0.6 is 0 Å². The molecule has 0 saturated carbocycles. The van der Waals surface area contributed by atoms with E-state index in [1.165, 1.54) is 12.8 Å². The van der Waals surface area contributed by atoms with Gasteiger partial charge in [0.05, 0.1) is 6.61 Å². The zero-order valence-corrected chi connectivity index (χ0v) is 15.0. The van der Waals surface area contributed by atoms with Crippen LogP contribution in [0.25, 0.3) is 0 Å². The third-order valence-electron chi connectivity index (χ3n) is 3.71. The van der Waals surface area contributed by atoms with Crippen LogP contribution in [0.4, 0.5) is 0 Å². The maximum absolute atomic E-state index is 5.50. The second-order valence-electron chi connectivity index (χ2n) is 7.23. The van der Waals surface area contributed by atoms with Crippen molar-refractivity contribution in [1.82, 2.24) is 10.2 Å². The van der Waals surface area contributed by atoms with Crippen molar-refractivity contribution in [2.45, 2.75) is 66.8 Å². The van der Waals surface area contributed by atoms with Crippen molar-refractivity contribution in [3.8, 4) is 0 Å².